The van der Waals surface area contributed by atoms with Gasteiger partial charge in [-0.3, -0.25) is 4.90 Å². The van der Waals surface area contributed by atoms with Crippen LogP contribution >= 0.6 is 22.7 Å². The van der Waals surface area contributed by atoms with E-state index in [0.717, 1.165) is 44.4 Å². The fraction of sp³-hybridized carbons (Fsp3) is 0.375. The Labute approximate surface area is 213 Å². The van der Waals surface area contributed by atoms with Gasteiger partial charge in [0.1, 0.15) is 12.1 Å². The topological polar surface area (TPSA) is 91.3 Å². The third-order valence-corrected chi connectivity index (χ3v) is 9.96. The zero-order valence-corrected chi connectivity index (χ0v) is 22.4. The largest absolute Gasteiger partial charge is 0.365 e. The standard InChI is InChI=1S/C24H28N6O2S3/c1-16-13-34-23-22(16)25-15-26-24(23)27-17(2)12-29-8-10-30(11-9-29)35(31,32)20-6-4-19(5-7-20)21-14-33-18(3)28-21/h4-7,13-15,17H,8-12H2,1-3H3,(H,25,26,27)/t17-/m0/s1. The summed E-state index contributed by atoms with van der Waals surface area (Å²) < 4.78 is 29.1. The number of piperazine rings is 1. The van der Waals surface area contributed by atoms with Crippen LogP contribution in [-0.2, 0) is 10.0 Å². The third-order valence-electron chi connectivity index (χ3n) is 6.18. The Kier molecular flexibility index (Phi) is 6.86. The Bertz CT molecular complexity index is 1420. The molecule has 3 aromatic heterocycles. The molecule has 11 heteroatoms. The van der Waals surface area contributed by atoms with Gasteiger partial charge in [-0.1, -0.05) is 12.1 Å². The monoisotopic (exact) mass is 528 g/mol. The highest BCUT2D eigenvalue weighted by atomic mass is 32.2. The maximum absolute atomic E-state index is 13.2. The molecule has 1 fully saturated rings. The second-order valence-electron chi connectivity index (χ2n) is 8.84. The molecule has 0 amide bonds. The summed E-state index contributed by atoms with van der Waals surface area (Å²) in [5.74, 6) is 0.859. The predicted molar refractivity (Wildman–Crippen MR) is 143 cm³/mol. The molecule has 1 saturated heterocycles. The SMILES string of the molecule is Cc1nc(-c2ccc(S(=O)(=O)N3CCN(C[C@H](C)Nc4ncnc5c(C)csc45)CC3)cc2)cs1. The van der Waals surface area contributed by atoms with E-state index in [1.165, 1.54) is 0 Å². The Balaban J connectivity index is 1.18. The molecular weight excluding hydrogens is 501 g/mol. The van der Waals surface area contributed by atoms with E-state index in [-0.39, 0.29) is 6.04 Å². The second kappa shape index (κ2) is 9.90. The van der Waals surface area contributed by atoms with E-state index in [1.54, 1.807) is 45.4 Å². The maximum Gasteiger partial charge on any atom is 0.243 e. The number of thiophene rings is 1. The van der Waals surface area contributed by atoms with Gasteiger partial charge in [-0.2, -0.15) is 4.31 Å². The minimum Gasteiger partial charge on any atom is -0.365 e. The Morgan fingerprint density at radius 3 is 2.46 bits per heavy atom. The van der Waals surface area contributed by atoms with Gasteiger partial charge in [-0.15, -0.1) is 22.7 Å². The van der Waals surface area contributed by atoms with Crippen LogP contribution in [-0.4, -0.2) is 71.3 Å². The lowest BCUT2D eigenvalue weighted by atomic mass is 10.2. The molecule has 0 saturated carbocycles. The van der Waals surface area contributed by atoms with Gasteiger partial charge < -0.3 is 5.32 Å². The molecule has 0 bridgehead atoms. The number of rotatable bonds is 7. The normalized spacial score (nSPS) is 16.5. The summed E-state index contributed by atoms with van der Waals surface area (Å²) in [7, 11) is -3.52. The minimum atomic E-state index is -3.52. The van der Waals surface area contributed by atoms with E-state index in [9.17, 15) is 8.42 Å². The predicted octanol–water partition coefficient (Wildman–Crippen LogP) is 4.24. The quantitative estimate of drug-likeness (QED) is 0.384. The molecule has 35 heavy (non-hydrogen) atoms. The molecule has 184 valence electrons. The van der Waals surface area contributed by atoms with E-state index < -0.39 is 10.0 Å². The Morgan fingerprint density at radius 1 is 1.03 bits per heavy atom. The van der Waals surface area contributed by atoms with Gasteiger partial charge in [0.25, 0.3) is 0 Å². The fourth-order valence-electron chi connectivity index (χ4n) is 4.33. The summed E-state index contributed by atoms with van der Waals surface area (Å²) in [4.78, 5) is 15.9. The molecule has 8 nitrogen and oxygen atoms in total. The molecule has 4 heterocycles. The van der Waals surface area contributed by atoms with Crippen LogP contribution in [0.15, 0.2) is 46.2 Å². The van der Waals surface area contributed by atoms with Crippen LogP contribution in [0.3, 0.4) is 0 Å². The lowest BCUT2D eigenvalue weighted by Crippen LogP contribution is -2.50. The zero-order chi connectivity index (χ0) is 24.6. The average molecular weight is 529 g/mol. The third kappa shape index (κ3) is 5.10. The number of benzene rings is 1. The van der Waals surface area contributed by atoms with Gasteiger partial charge in [0.2, 0.25) is 10.0 Å². The zero-order valence-electron chi connectivity index (χ0n) is 19.9. The van der Waals surface area contributed by atoms with Crippen molar-refractivity contribution in [3.8, 4) is 11.3 Å². The molecule has 0 radical (unpaired) electrons. The highest BCUT2D eigenvalue weighted by molar-refractivity contribution is 7.89. The number of nitrogens with zero attached hydrogens (tertiary/aromatic N) is 5. The van der Waals surface area contributed by atoms with Gasteiger partial charge in [0.05, 0.1) is 25.8 Å². The summed E-state index contributed by atoms with van der Waals surface area (Å²) in [5, 5.41) is 8.59. The van der Waals surface area contributed by atoms with E-state index >= 15 is 0 Å². The van der Waals surface area contributed by atoms with E-state index in [4.69, 9.17) is 0 Å². The van der Waals surface area contributed by atoms with Gasteiger partial charge in [0, 0.05) is 49.7 Å². The minimum absolute atomic E-state index is 0.167. The number of hydrogen-bond acceptors (Lipinski definition) is 9. The molecular formula is C24H28N6O2S3. The Morgan fingerprint density at radius 2 is 1.77 bits per heavy atom. The summed E-state index contributed by atoms with van der Waals surface area (Å²) in [6.45, 7) is 9.30. The van der Waals surface area contributed by atoms with Gasteiger partial charge >= 0.3 is 0 Å². The van der Waals surface area contributed by atoms with Crippen molar-refractivity contribution in [3.05, 3.63) is 51.9 Å². The molecule has 1 aromatic carbocycles. The van der Waals surface area contributed by atoms with Crippen LogP contribution < -0.4 is 5.32 Å². The first-order valence-corrected chi connectivity index (χ1v) is 14.7. The summed E-state index contributed by atoms with van der Waals surface area (Å²) in [6.07, 6.45) is 1.60. The van der Waals surface area contributed by atoms with E-state index in [2.05, 4.69) is 44.4 Å². The molecule has 0 unspecified atom stereocenters. The second-order valence-corrected chi connectivity index (χ2v) is 12.7. The van der Waals surface area contributed by atoms with Crippen LogP contribution in [0.2, 0.25) is 0 Å². The molecule has 4 aromatic rings. The number of hydrogen-bond donors (Lipinski definition) is 1. The molecule has 1 aliphatic heterocycles. The Hall–Kier alpha value is -2.44. The van der Waals surface area contributed by atoms with Crippen molar-refractivity contribution in [3.63, 3.8) is 0 Å². The first-order valence-electron chi connectivity index (χ1n) is 11.5. The van der Waals surface area contributed by atoms with Crippen molar-refractivity contribution < 1.29 is 8.42 Å². The lowest BCUT2D eigenvalue weighted by molar-refractivity contribution is 0.184. The average Bonchev–Trinajstić information content (AvgIpc) is 3.46. The number of sulfonamides is 1. The molecule has 1 aliphatic rings. The number of nitrogens with one attached hydrogen (secondary N) is 1. The summed E-state index contributed by atoms with van der Waals surface area (Å²) in [5.41, 5.74) is 3.96. The molecule has 0 aliphatic carbocycles. The molecule has 1 N–H and O–H groups in total. The number of fused-ring (bicyclic) bond motifs is 1. The van der Waals surface area contributed by atoms with Gasteiger partial charge in [0.15, 0.2) is 0 Å². The first-order chi connectivity index (χ1) is 16.8. The number of anilines is 1. The van der Waals surface area contributed by atoms with Crippen LogP contribution in [0.1, 0.15) is 17.5 Å². The van der Waals surface area contributed by atoms with Crippen molar-refractivity contribution in [2.45, 2.75) is 31.7 Å². The van der Waals surface area contributed by atoms with Crippen molar-refractivity contribution >= 4 is 48.7 Å². The summed E-state index contributed by atoms with van der Waals surface area (Å²) >= 11 is 3.24. The van der Waals surface area contributed by atoms with E-state index in [0.29, 0.717) is 31.1 Å². The highest BCUT2D eigenvalue weighted by Gasteiger charge is 2.29. The van der Waals surface area contributed by atoms with Crippen LogP contribution in [0, 0.1) is 13.8 Å². The summed E-state index contributed by atoms with van der Waals surface area (Å²) in [6, 6.07) is 7.22. The highest BCUT2D eigenvalue weighted by Crippen LogP contribution is 2.29. The number of aromatic nitrogens is 3. The van der Waals surface area contributed by atoms with Crippen molar-refractivity contribution in [2.75, 3.05) is 38.0 Å². The van der Waals surface area contributed by atoms with Crippen LogP contribution in [0.5, 0.6) is 0 Å². The van der Waals surface area contributed by atoms with E-state index in [1.807, 2.05) is 24.4 Å². The molecule has 1 atom stereocenters. The van der Waals surface area contributed by atoms with Crippen LogP contribution in [0.25, 0.3) is 21.5 Å². The van der Waals surface area contributed by atoms with Gasteiger partial charge in [-0.05, 0) is 43.8 Å². The van der Waals surface area contributed by atoms with Crippen LogP contribution in [0.4, 0.5) is 5.82 Å². The number of aryl methyl sites for hydroxylation is 2. The maximum atomic E-state index is 13.2. The van der Waals surface area contributed by atoms with Crippen molar-refractivity contribution in [1.29, 1.82) is 0 Å². The van der Waals surface area contributed by atoms with Crippen molar-refractivity contribution in [1.82, 2.24) is 24.2 Å². The van der Waals surface area contributed by atoms with Crippen molar-refractivity contribution in [2.24, 2.45) is 0 Å². The fourth-order valence-corrected chi connectivity index (χ4v) is 7.33. The molecule has 0 spiro atoms. The van der Waals surface area contributed by atoms with Gasteiger partial charge in [-0.25, -0.2) is 23.4 Å². The first kappa shape index (κ1) is 24.3. The molecule has 5 rings (SSSR count). The number of thiazole rings is 1. The smallest absolute Gasteiger partial charge is 0.243 e. The lowest BCUT2D eigenvalue weighted by Gasteiger charge is -2.35.